The van der Waals surface area contributed by atoms with Crippen molar-refractivity contribution in [3.8, 4) is 0 Å². The Morgan fingerprint density at radius 2 is 1.53 bits per heavy atom. The summed E-state index contributed by atoms with van der Waals surface area (Å²) < 4.78 is 22.0. The Kier molecular flexibility index (Phi) is 17.7. The van der Waals surface area contributed by atoms with Crippen LogP contribution in [0.15, 0.2) is 84.3 Å². The summed E-state index contributed by atoms with van der Waals surface area (Å²) in [6.45, 7) is 8.00. The number of hydrogen-bond donors (Lipinski definition) is 3. The SMILES string of the molecule is C=CCOC(=O)[C@@H](CCCCNC(=O)OCc1ccc(Cl)cc1)N(CCNC(=O)OC(C)(C)C)C(=O)Cn1ccc(NC(=O)OCc2ccccc2)nc1=O. The molecule has 0 aliphatic rings. The molecule has 55 heavy (non-hydrogen) atoms. The molecule has 1 aromatic heterocycles. The first kappa shape index (κ1) is 43.5. The summed E-state index contributed by atoms with van der Waals surface area (Å²) in [6, 6.07) is 16.0. The van der Waals surface area contributed by atoms with Crippen LogP contribution in [0.2, 0.25) is 5.02 Å². The van der Waals surface area contributed by atoms with Gasteiger partial charge in [0, 0.05) is 30.9 Å². The minimum atomic E-state index is -1.14. The second-order valence-electron chi connectivity index (χ2n) is 13.0. The third-order valence-electron chi connectivity index (χ3n) is 7.41. The molecule has 0 aliphatic carbocycles. The smallest absolute Gasteiger partial charge is 0.413 e. The van der Waals surface area contributed by atoms with Crippen molar-refractivity contribution >= 4 is 47.6 Å². The standard InChI is InChI=1S/C38H47ClN6O10/c1-5-23-52-33(47)30(13-9-10-19-40-35(49)53-26-28-14-16-29(39)17-15-28)45(22-20-41-36(50)55-38(2,3)4)32(46)24-44-21-18-31(42-34(44)48)43-37(51)54-25-27-11-7-6-8-12-27/h5-8,11-12,14-18,21,30H,1,9-10,13,19-20,22-26H2,2-4H3,(H,40,49)(H,41,50)(H,42,43,48,51)/t30-/m1/s1. The summed E-state index contributed by atoms with van der Waals surface area (Å²) in [7, 11) is 0. The van der Waals surface area contributed by atoms with Crippen molar-refractivity contribution in [2.45, 2.75) is 71.4 Å². The van der Waals surface area contributed by atoms with Crippen LogP contribution < -0.4 is 21.6 Å². The van der Waals surface area contributed by atoms with Gasteiger partial charge < -0.3 is 34.5 Å². The van der Waals surface area contributed by atoms with Crippen LogP contribution in [0.5, 0.6) is 0 Å². The molecule has 17 heteroatoms. The maximum atomic E-state index is 13.9. The van der Waals surface area contributed by atoms with E-state index in [1.54, 1.807) is 69.3 Å². The van der Waals surface area contributed by atoms with Crippen LogP contribution in [0, 0.1) is 0 Å². The topological polar surface area (TPSA) is 196 Å². The molecule has 0 unspecified atom stereocenters. The fourth-order valence-electron chi connectivity index (χ4n) is 4.84. The normalized spacial score (nSPS) is 11.3. The summed E-state index contributed by atoms with van der Waals surface area (Å²) >= 11 is 5.89. The maximum Gasteiger partial charge on any atom is 0.413 e. The first-order valence-electron chi connectivity index (χ1n) is 17.5. The highest BCUT2D eigenvalue weighted by molar-refractivity contribution is 6.30. The highest BCUT2D eigenvalue weighted by Gasteiger charge is 2.31. The second-order valence-corrected chi connectivity index (χ2v) is 13.4. The number of aromatic nitrogens is 2. The van der Waals surface area contributed by atoms with E-state index in [9.17, 15) is 28.8 Å². The third-order valence-corrected chi connectivity index (χ3v) is 7.66. The average molecular weight is 783 g/mol. The van der Waals surface area contributed by atoms with E-state index in [0.29, 0.717) is 17.9 Å². The molecule has 16 nitrogen and oxygen atoms in total. The predicted octanol–water partition coefficient (Wildman–Crippen LogP) is 5.19. The zero-order valence-corrected chi connectivity index (χ0v) is 31.8. The van der Waals surface area contributed by atoms with Gasteiger partial charge in [-0.1, -0.05) is 66.7 Å². The fraction of sp³-hybridized carbons (Fsp3) is 0.395. The zero-order chi connectivity index (χ0) is 40.2. The summed E-state index contributed by atoms with van der Waals surface area (Å²) in [5.74, 6) is -1.50. The van der Waals surface area contributed by atoms with Crippen molar-refractivity contribution in [2.75, 3.05) is 31.6 Å². The lowest BCUT2D eigenvalue weighted by atomic mass is 10.1. The van der Waals surface area contributed by atoms with Crippen LogP contribution in [0.4, 0.5) is 20.2 Å². The van der Waals surface area contributed by atoms with Crippen LogP contribution in [-0.2, 0) is 48.3 Å². The number of rotatable bonds is 19. The maximum absolute atomic E-state index is 13.9. The van der Waals surface area contributed by atoms with Gasteiger partial charge in [0.1, 0.15) is 43.8 Å². The molecule has 3 aromatic rings. The molecule has 3 N–H and O–H groups in total. The lowest BCUT2D eigenvalue weighted by Gasteiger charge is -2.31. The van der Waals surface area contributed by atoms with Crippen molar-refractivity contribution in [3.63, 3.8) is 0 Å². The van der Waals surface area contributed by atoms with Gasteiger partial charge in [0.25, 0.3) is 0 Å². The Morgan fingerprint density at radius 3 is 2.18 bits per heavy atom. The molecule has 0 radical (unpaired) electrons. The first-order chi connectivity index (χ1) is 26.2. The Bertz CT molecular complexity index is 1800. The molecule has 2 aromatic carbocycles. The minimum Gasteiger partial charge on any atom is -0.460 e. The van der Waals surface area contributed by atoms with Gasteiger partial charge in [0.15, 0.2) is 0 Å². The number of anilines is 1. The molecule has 1 heterocycles. The molecule has 4 amide bonds. The van der Waals surface area contributed by atoms with Gasteiger partial charge in [-0.3, -0.25) is 14.7 Å². The third kappa shape index (κ3) is 16.8. The van der Waals surface area contributed by atoms with E-state index in [2.05, 4.69) is 27.5 Å². The molecule has 0 saturated carbocycles. The quantitative estimate of drug-likeness (QED) is 0.0626. The van der Waals surface area contributed by atoms with E-state index in [0.717, 1.165) is 15.7 Å². The van der Waals surface area contributed by atoms with E-state index < -0.39 is 54.0 Å². The number of hydrogen-bond acceptors (Lipinski definition) is 11. The van der Waals surface area contributed by atoms with E-state index in [1.807, 2.05) is 6.07 Å². The summed E-state index contributed by atoms with van der Waals surface area (Å²) in [6.07, 6.45) is 1.32. The van der Waals surface area contributed by atoms with E-state index in [-0.39, 0.29) is 51.7 Å². The van der Waals surface area contributed by atoms with Gasteiger partial charge in [0.05, 0.1) is 0 Å². The van der Waals surface area contributed by atoms with Gasteiger partial charge in [-0.05, 0) is 69.4 Å². The van der Waals surface area contributed by atoms with Crippen molar-refractivity contribution in [3.05, 3.63) is 106 Å². The Labute approximate surface area is 324 Å². The Hall–Kier alpha value is -5.90. The van der Waals surface area contributed by atoms with Gasteiger partial charge in [-0.15, -0.1) is 0 Å². The first-order valence-corrected chi connectivity index (χ1v) is 17.9. The second kappa shape index (κ2) is 22.3. The summed E-state index contributed by atoms with van der Waals surface area (Å²) in [5, 5.41) is 8.17. The van der Waals surface area contributed by atoms with Gasteiger partial charge in [0.2, 0.25) is 5.91 Å². The molecular weight excluding hydrogens is 736 g/mol. The molecule has 0 spiro atoms. The number of amides is 4. The Balaban J connectivity index is 1.67. The molecule has 296 valence electrons. The lowest BCUT2D eigenvalue weighted by Crippen LogP contribution is -2.50. The average Bonchev–Trinajstić information content (AvgIpc) is 3.14. The van der Waals surface area contributed by atoms with Gasteiger partial charge in [-0.25, -0.2) is 24.0 Å². The number of ether oxygens (including phenoxy) is 4. The molecule has 0 saturated heterocycles. The lowest BCUT2D eigenvalue weighted by molar-refractivity contribution is -0.155. The summed E-state index contributed by atoms with van der Waals surface area (Å²) in [5.41, 5.74) is -0.113. The molecule has 0 aliphatic heterocycles. The van der Waals surface area contributed by atoms with Crippen LogP contribution in [0.1, 0.15) is 51.2 Å². The number of alkyl carbamates (subject to hydrolysis) is 2. The van der Waals surface area contributed by atoms with Crippen LogP contribution in [0.3, 0.4) is 0 Å². The van der Waals surface area contributed by atoms with Crippen molar-refractivity contribution in [1.82, 2.24) is 25.1 Å². The number of halogens is 1. The van der Waals surface area contributed by atoms with Crippen molar-refractivity contribution in [2.24, 2.45) is 0 Å². The fourth-order valence-corrected chi connectivity index (χ4v) is 4.96. The Morgan fingerprint density at radius 1 is 0.873 bits per heavy atom. The number of nitrogens with zero attached hydrogens (tertiary/aromatic N) is 3. The number of benzene rings is 2. The molecule has 0 bridgehead atoms. The van der Waals surface area contributed by atoms with E-state index in [1.165, 1.54) is 23.2 Å². The molecule has 0 fully saturated rings. The largest absolute Gasteiger partial charge is 0.460 e. The summed E-state index contributed by atoms with van der Waals surface area (Å²) in [4.78, 5) is 82.1. The van der Waals surface area contributed by atoms with Crippen molar-refractivity contribution in [1.29, 1.82) is 0 Å². The number of nitrogens with one attached hydrogen (secondary N) is 3. The zero-order valence-electron chi connectivity index (χ0n) is 31.1. The monoisotopic (exact) mass is 782 g/mol. The van der Waals surface area contributed by atoms with Crippen LogP contribution in [0.25, 0.3) is 0 Å². The number of unbranched alkanes of at least 4 members (excludes halogenated alkanes) is 1. The van der Waals surface area contributed by atoms with Gasteiger partial charge >= 0.3 is 29.9 Å². The highest BCUT2D eigenvalue weighted by atomic mass is 35.5. The highest BCUT2D eigenvalue weighted by Crippen LogP contribution is 2.14. The number of carbonyl (C=O) groups excluding carboxylic acids is 5. The molecule has 3 rings (SSSR count). The molecule has 1 atom stereocenters. The number of esters is 1. The van der Waals surface area contributed by atoms with Crippen LogP contribution in [-0.4, -0.2) is 82.5 Å². The van der Waals surface area contributed by atoms with Crippen molar-refractivity contribution < 1.29 is 42.9 Å². The van der Waals surface area contributed by atoms with E-state index >= 15 is 0 Å². The van der Waals surface area contributed by atoms with Crippen LogP contribution >= 0.6 is 11.6 Å². The predicted molar refractivity (Wildman–Crippen MR) is 203 cm³/mol. The minimum absolute atomic E-state index is 0.00143. The van der Waals surface area contributed by atoms with Gasteiger partial charge in [-0.2, -0.15) is 4.98 Å². The number of carbonyl (C=O) groups is 5. The molecular formula is C38H47ClN6O10. The van der Waals surface area contributed by atoms with E-state index in [4.69, 9.17) is 30.5 Å².